The number of carbonyl (C=O) groups excluding carboxylic acids is 1. The van der Waals surface area contributed by atoms with Gasteiger partial charge in [0, 0.05) is 11.1 Å². The molecule has 0 fully saturated rings. The van der Waals surface area contributed by atoms with E-state index in [2.05, 4.69) is 0 Å². The molecule has 1 unspecified atom stereocenters. The third kappa shape index (κ3) is 3.78. The molecule has 0 spiro atoms. The van der Waals surface area contributed by atoms with Crippen LogP contribution in [0.25, 0.3) is 5.76 Å². The Morgan fingerprint density at radius 2 is 2.00 bits per heavy atom. The summed E-state index contributed by atoms with van der Waals surface area (Å²) >= 11 is 0. The number of hydrogen-bond acceptors (Lipinski definition) is 6. The maximum Gasteiger partial charge on any atom is 0.338 e. The van der Waals surface area contributed by atoms with Crippen LogP contribution >= 0.6 is 0 Å². The van der Waals surface area contributed by atoms with Crippen molar-refractivity contribution in [2.75, 3.05) is 13.7 Å². The number of rotatable bonds is 5. The Hall–Kier alpha value is -3.79. The normalized spacial score (nSPS) is 16.1. The molecule has 0 bridgehead atoms. The molecular formula is C22H19FN2O4. The Morgan fingerprint density at radius 1 is 1.28 bits per heavy atom. The number of hydrogen-bond donors (Lipinski definition) is 1. The summed E-state index contributed by atoms with van der Waals surface area (Å²) in [6.07, 6.45) is 0. The number of nitrogens with zero attached hydrogens (tertiary/aromatic N) is 1. The summed E-state index contributed by atoms with van der Waals surface area (Å²) in [5.41, 5.74) is 6.51. The zero-order valence-corrected chi connectivity index (χ0v) is 15.9. The van der Waals surface area contributed by atoms with Gasteiger partial charge in [-0.3, -0.25) is 0 Å². The van der Waals surface area contributed by atoms with Crippen LogP contribution < -0.4 is 10.5 Å². The minimum absolute atomic E-state index is 0.00375. The molecule has 1 aliphatic rings. The molecule has 0 radical (unpaired) electrons. The van der Waals surface area contributed by atoms with Crippen LogP contribution in [0.5, 0.6) is 5.75 Å². The molecule has 0 amide bonds. The number of methoxy groups -OCH3 is 1. The largest absolute Gasteiger partial charge is 0.497 e. The van der Waals surface area contributed by atoms with Gasteiger partial charge in [0.25, 0.3) is 0 Å². The molecule has 3 rings (SSSR count). The van der Waals surface area contributed by atoms with Gasteiger partial charge in [-0.15, -0.1) is 0 Å². The molecule has 0 aliphatic carbocycles. The van der Waals surface area contributed by atoms with Gasteiger partial charge >= 0.3 is 5.97 Å². The van der Waals surface area contributed by atoms with Crippen LogP contribution in [0.3, 0.4) is 0 Å². The van der Waals surface area contributed by atoms with E-state index in [1.54, 1.807) is 37.3 Å². The standard InChI is InChI=1S/C22H19FN2O4/c1-3-28-22(26)19-18(15-11-14(27-2)9-10-17(15)23)16(12-24)21(25)29-20(19)13-7-5-4-6-8-13/h4-11,18H,3,25H2,1-2H3. The molecular weight excluding hydrogens is 375 g/mol. The molecule has 1 heterocycles. The number of benzene rings is 2. The molecule has 0 saturated heterocycles. The second-order valence-corrected chi connectivity index (χ2v) is 6.14. The van der Waals surface area contributed by atoms with Crippen LogP contribution in [0.4, 0.5) is 4.39 Å². The van der Waals surface area contributed by atoms with E-state index >= 15 is 0 Å². The van der Waals surface area contributed by atoms with Crippen molar-refractivity contribution in [2.24, 2.45) is 5.73 Å². The van der Waals surface area contributed by atoms with Crippen LogP contribution in [0.15, 0.2) is 65.6 Å². The average molecular weight is 394 g/mol. The molecule has 0 saturated carbocycles. The summed E-state index contributed by atoms with van der Waals surface area (Å²) in [4.78, 5) is 12.9. The quantitative estimate of drug-likeness (QED) is 0.779. The highest BCUT2D eigenvalue weighted by molar-refractivity contribution is 5.99. The Balaban J connectivity index is 2.33. The van der Waals surface area contributed by atoms with Gasteiger partial charge in [-0.2, -0.15) is 5.26 Å². The monoisotopic (exact) mass is 394 g/mol. The molecule has 6 nitrogen and oxygen atoms in total. The first-order valence-corrected chi connectivity index (χ1v) is 8.89. The van der Waals surface area contributed by atoms with Crippen molar-refractivity contribution in [2.45, 2.75) is 12.8 Å². The Labute approximate surface area is 167 Å². The molecule has 148 valence electrons. The lowest BCUT2D eigenvalue weighted by molar-refractivity contribution is -0.138. The predicted octanol–water partition coefficient (Wildman–Crippen LogP) is 3.62. The van der Waals surface area contributed by atoms with Crippen molar-refractivity contribution < 1.29 is 23.4 Å². The average Bonchev–Trinajstić information content (AvgIpc) is 2.74. The van der Waals surface area contributed by atoms with Crippen molar-refractivity contribution >= 4 is 11.7 Å². The number of allylic oxidation sites excluding steroid dienone is 1. The first-order chi connectivity index (χ1) is 14.0. The van der Waals surface area contributed by atoms with Crippen LogP contribution in [0.1, 0.15) is 24.0 Å². The molecule has 2 aromatic carbocycles. The number of nitrogens with two attached hydrogens (primary N) is 1. The highest BCUT2D eigenvalue weighted by atomic mass is 19.1. The zero-order chi connectivity index (χ0) is 21.0. The lowest BCUT2D eigenvalue weighted by Crippen LogP contribution is -2.26. The van der Waals surface area contributed by atoms with Gasteiger partial charge in [0.1, 0.15) is 29.0 Å². The van der Waals surface area contributed by atoms with Gasteiger partial charge < -0.3 is 19.9 Å². The summed E-state index contributed by atoms with van der Waals surface area (Å²) < 4.78 is 30.9. The van der Waals surface area contributed by atoms with Crippen molar-refractivity contribution in [1.29, 1.82) is 5.26 Å². The predicted molar refractivity (Wildman–Crippen MR) is 104 cm³/mol. The fourth-order valence-electron chi connectivity index (χ4n) is 3.16. The summed E-state index contributed by atoms with van der Waals surface area (Å²) in [5, 5.41) is 9.70. The summed E-state index contributed by atoms with van der Waals surface area (Å²) in [5.74, 6) is -2.17. The summed E-state index contributed by atoms with van der Waals surface area (Å²) in [7, 11) is 1.44. The van der Waals surface area contributed by atoms with E-state index in [1.165, 1.54) is 25.3 Å². The van der Waals surface area contributed by atoms with Gasteiger partial charge in [-0.1, -0.05) is 30.3 Å². The number of esters is 1. The van der Waals surface area contributed by atoms with Crippen LogP contribution in [-0.2, 0) is 14.3 Å². The van der Waals surface area contributed by atoms with Crippen LogP contribution in [0.2, 0.25) is 0 Å². The molecule has 1 atom stereocenters. The molecule has 7 heteroatoms. The lowest BCUT2D eigenvalue weighted by Gasteiger charge is -2.28. The van der Waals surface area contributed by atoms with Gasteiger partial charge in [0.2, 0.25) is 5.88 Å². The van der Waals surface area contributed by atoms with Crippen molar-refractivity contribution in [3.05, 3.63) is 82.5 Å². The minimum Gasteiger partial charge on any atom is -0.497 e. The Morgan fingerprint density at radius 3 is 2.62 bits per heavy atom. The Bertz CT molecular complexity index is 1040. The molecule has 1 aliphatic heterocycles. The highest BCUT2D eigenvalue weighted by Gasteiger charge is 2.39. The molecule has 2 aromatic rings. The third-order valence-corrected chi connectivity index (χ3v) is 4.47. The fraction of sp³-hybridized carbons (Fsp3) is 0.182. The van der Waals surface area contributed by atoms with Crippen LogP contribution in [-0.4, -0.2) is 19.7 Å². The van der Waals surface area contributed by atoms with E-state index in [0.29, 0.717) is 11.3 Å². The maximum absolute atomic E-state index is 14.8. The Kier molecular flexibility index (Phi) is 5.84. The fourth-order valence-corrected chi connectivity index (χ4v) is 3.16. The van der Waals surface area contributed by atoms with Gasteiger partial charge in [0.15, 0.2) is 0 Å². The number of halogens is 1. The lowest BCUT2D eigenvalue weighted by atomic mass is 9.81. The molecule has 2 N–H and O–H groups in total. The van der Waals surface area contributed by atoms with Gasteiger partial charge in [0.05, 0.1) is 25.2 Å². The maximum atomic E-state index is 14.8. The minimum atomic E-state index is -1.11. The van der Waals surface area contributed by atoms with E-state index < -0.39 is 17.7 Å². The topological polar surface area (TPSA) is 94.6 Å². The highest BCUT2D eigenvalue weighted by Crippen LogP contribution is 2.44. The van der Waals surface area contributed by atoms with E-state index in [9.17, 15) is 14.4 Å². The second kappa shape index (κ2) is 8.48. The molecule has 29 heavy (non-hydrogen) atoms. The van der Waals surface area contributed by atoms with Crippen molar-refractivity contribution in [3.8, 4) is 11.8 Å². The van der Waals surface area contributed by atoms with Crippen LogP contribution in [0, 0.1) is 17.1 Å². The second-order valence-electron chi connectivity index (χ2n) is 6.14. The smallest absolute Gasteiger partial charge is 0.338 e. The van der Waals surface area contributed by atoms with Gasteiger partial charge in [-0.25, -0.2) is 9.18 Å². The number of ether oxygens (including phenoxy) is 3. The number of carbonyl (C=O) groups is 1. The van der Waals surface area contributed by atoms with E-state index in [-0.39, 0.29) is 35.0 Å². The SMILES string of the molecule is CCOC(=O)C1=C(c2ccccc2)OC(N)=C(C#N)C1c1cc(OC)ccc1F. The number of nitriles is 1. The summed E-state index contributed by atoms with van der Waals surface area (Å²) in [6.45, 7) is 1.75. The first kappa shape index (κ1) is 20.0. The first-order valence-electron chi connectivity index (χ1n) is 8.89. The zero-order valence-electron chi connectivity index (χ0n) is 15.9. The van der Waals surface area contributed by atoms with Crippen molar-refractivity contribution in [1.82, 2.24) is 0 Å². The van der Waals surface area contributed by atoms with E-state index in [4.69, 9.17) is 19.9 Å². The van der Waals surface area contributed by atoms with Gasteiger partial charge in [-0.05, 0) is 25.1 Å². The van der Waals surface area contributed by atoms with E-state index in [0.717, 1.165) is 0 Å². The van der Waals surface area contributed by atoms with Crippen molar-refractivity contribution in [3.63, 3.8) is 0 Å². The third-order valence-electron chi connectivity index (χ3n) is 4.47. The summed E-state index contributed by atoms with van der Waals surface area (Å²) in [6, 6.07) is 14.8. The molecule has 0 aromatic heterocycles. The van der Waals surface area contributed by atoms with E-state index in [1.807, 2.05) is 6.07 Å².